The molecule has 18 nitrogen and oxygen atoms in total. The van der Waals surface area contributed by atoms with E-state index in [4.69, 9.17) is 33.8 Å². The highest BCUT2D eigenvalue weighted by Gasteiger charge is 2.31. The van der Waals surface area contributed by atoms with Gasteiger partial charge in [-0.25, -0.2) is 4.79 Å². The number of aliphatic carboxylic acids is 2. The van der Waals surface area contributed by atoms with Crippen LogP contribution in [0.3, 0.4) is 0 Å². The molecule has 0 fully saturated rings. The number of aliphatic imine (C=N–C) groups is 2. The Hall–Kier alpha value is -4.19. The molecule has 0 bridgehead atoms. The molecule has 0 aromatic carbocycles. The number of carbonyl (C=O) groups excluding carboxylic acids is 3. The predicted molar refractivity (Wildman–Crippen MR) is 131 cm³/mol. The quantitative estimate of drug-likeness (QED) is 0.0446. The molecular formula is C19H36N10O8. The van der Waals surface area contributed by atoms with E-state index in [-0.39, 0.29) is 44.3 Å². The number of rotatable bonds is 18. The maximum absolute atomic E-state index is 12.6. The summed E-state index contributed by atoms with van der Waals surface area (Å²) in [6.07, 6.45) is -0.287. The van der Waals surface area contributed by atoms with Crippen molar-refractivity contribution in [1.29, 1.82) is 0 Å². The number of carboxylic acids is 2. The summed E-state index contributed by atoms with van der Waals surface area (Å²) in [6, 6.07) is -5.80. The van der Waals surface area contributed by atoms with Crippen molar-refractivity contribution < 1.29 is 39.3 Å². The molecule has 0 aromatic rings. The Morgan fingerprint density at radius 1 is 0.703 bits per heavy atom. The molecule has 0 aliphatic heterocycles. The standard InChI is InChI=1S/C19H36N10O8/c20-9(3-1-5-25-18(21)22)14(33)28-11(7-13(31)32)15(34)29-12(8-30)16(35)27-10(17(36)37)4-2-6-26-19(23)24/h9-12,30H,1-8,20H2,(H,27,35)(H,28,33)(H,29,34)(H,31,32)(H,36,37)(H4,21,22,25)(H4,23,24,26). The van der Waals surface area contributed by atoms with Gasteiger partial charge in [0.1, 0.15) is 18.1 Å². The Bertz CT molecular complexity index is 858. The van der Waals surface area contributed by atoms with Crippen molar-refractivity contribution in [1.82, 2.24) is 16.0 Å². The Labute approximate surface area is 212 Å². The van der Waals surface area contributed by atoms with E-state index >= 15 is 0 Å². The van der Waals surface area contributed by atoms with Crippen LogP contribution in [0.15, 0.2) is 9.98 Å². The van der Waals surface area contributed by atoms with Crippen molar-refractivity contribution in [2.75, 3.05) is 19.7 Å². The number of amides is 3. The fourth-order valence-corrected chi connectivity index (χ4v) is 2.81. The number of aliphatic hydroxyl groups is 1. The first kappa shape index (κ1) is 32.8. The van der Waals surface area contributed by atoms with Gasteiger partial charge < -0.3 is 59.9 Å². The number of nitrogens with one attached hydrogen (secondary N) is 3. The molecular weight excluding hydrogens is 496 g/mol. The van der Waals surface area contributed by atoms with Gasteiger partial charge in [0, 0.05) is 13.1 Å². The number of hydrogen-bond donors (Lipinski definition) is 11. The molecule has 0 aliphatic carbocycles. The Balaban J connectivity index is 5.16. The van der Waals surface area contributed by atoms with Gasteiger partial charge in [-0.05, 0) is 25.7 Å². The summed E-state index contributed by atoms with van der Waals surface area (Å²) in [5, 5.41) is 34.4. The summed E-state index contributed by atoms with van der Waals surface area (Å²) in [4.78, 5) is 67.5. The number of carbonyl (C=O) groups is 5. The van der Waals surface area contributed by atoms with E-state index in [1.807, 2.05) is 0 Å². The first-order valence-corrected chi connectivity index (χ1v) is 11.1. The van der Waals surface area contributed by atoms with Crippen molar-refractivity contribution in [3.05, 3.63) is 0 Å². The SMILES string of the molecule is NC(N)=NCCCC(N)C(=O)NC(CC(=O)O)C(=O)NC(CO)C(=O)NC(CCCN=C(N)N)C(=O)O. The van der Waals surface area contributed by atoms with Crippen LogP contribution in [0.4, 0.5) is 0 Å². The molecule has 0 rings (SSSR count). The summed E-state index contributed by atoms with van der Waals surface area (Å²) in [5.74, 6) is -6.17. The molecule has 210 valence electrons. The second-order valence-electron chi connectivity index (χ2n) is 7.81. The number of nitrogens with two attached hydrogens (primary N) is 5. The van der Waals surface area contributed by atoms with Crippen molar-refractivity contribution >= 4 is 41.6 Å². The number of carboxylic acid groups (broad SMARTS) is 2. The number of aliphatic hydroxyl groups excluding tert-OH is 1. The van der Waals surface area contributed by atoms with Crippen molar-refractivity contribution in [3.63, 3.8) is 0 Å². The van der Waals surface area contributed by atoms with Crippen molar-refractivity contribution in [2.24, 2.45) is 38.7 Å². The molecule has 0 radical (unpaired) electrons. The van der Waals surface area contributed by atoms with E-state index in [0.29, 0.717) is 6.42 Å². The summed E-state index contributed by atoms with van der Waals surface area (Å²) in [7, 11) is 0. The Morgan fingerprint density at radius 3 is 1.62 bits per heavy atom. The minimum atomic E-state index is -1.65. The normalized spacial score (nSPS) is 13.7. The van der Waals surface area contributed by atoms with Crippen LogP contribution in [0.1, 0.15) is 32.1 Å². The lowest BCUT2D eigenvalue weighted by molar-refractivity contribution is -0.143. The molecule has 4 atom stereocenters. The summed E-state index contributed by atoms with van der Waals surface area (Å²) in [5.41, 5.74) is 26.5. The lowest BCUT2D eigenvalue weighted by Gasteiger charge is -2.23. The van der Waals surface area contributed by atoms with Crippen LogP contribution >= 0.6 is 0 Å². The zero-order chi connectivity index (χ0) is 28.5. The highest BCUT2D eigenvalue weighted by Crippen LogP contribution is 2.02. The minimum absolute atomic E-state index is 0.0667. The smallest absolute Gasteiger partial charge is 0.326 e. The number of nitrogens with zero attached hydrogens (tertiary/aromatic N) is 2. The highest BCUT2D eigenvalue weighted by molar-refractivity contribution is 5.95. The fourth-order valence-electron chi connectivity index (χ4n) is 2.81. The Morgan fingerprint density at radius 2 is 1.16 bits per heavy atom. The molecule has 37 heavy (non-hydrogen) atoms. The maximum atomic E-state index is 12.6. The average Bonchev–Trinajstić information content (AvgIpc) is 2.80. The van der Waals surface area contributed by atoms with Crippen LogP contribution in [0.25, 0.3) is 0 Å². The summed E-state index contributed by atoms with van der Waals surface area (Å²) in [6.45, 7) is -0.646. The van der Waals surface area contributed by atoms with Crippen molar-refractivity contribution in [3.8, 4) is 0 Å². The van der Waals surface area contributed by atoms with Crippen LogP contribution in [-0.2, 0) is 24.0 Å². The molecule has 16 N–H and O–H groups in total. The van der Waals surface area contributed by atoms with Crippen LogP contribution in [0, 0.1) is 0 Å². The molecule has 0 spiro atoms. The van der Waals surface area contributed by atoms with E-state index in [0.717, 1.165) is 0 Å². The molecule has 0 saturated heterocycles. The van der Waals surface area contributed by atoms with Gasteiger partial charge in [-0.15, -0.1) is 0 Å². The van der Waals surface area contributed by atoms with Gasteiger partial charge in [0.2, 0.25) is 17.7 Å². The van der Waals surface area contributed by atoms with E-state index in [2.05, 4.69) is 25.9 Å². The zero-order valence-corrected chi connectivity index (χ0v) is 20.1. The fraction of sp³-hybridized carbons (Fsp3) is 0.632. The molecule has 4 unspecified atom stereocenters. The third kappa shape index (κ3) is 14.7. The third-order valence-corrected chi connectivity index (χ3v) is 4.69. The van der Waals surface area contributed by atoms with Gasteiger partial charge in [0.05, 0.1) is 19.1 Å². The molecule has 0 aromatic heterocycles. The van der Waals surface area contributed by atoms with Gasteiger partial charge in [-0.3, -0.25) is 29.2 Å². The monoisotopic (exact) mass is 532 g/mol. The molecule has 3 amide bonds. The maximum Gasteiger partial charge on any atom is 0.326 e. The van der Waals surface area contributed by atoms with Gasteiger partial charge >= 0.3 is 11.9 Å². The van der Waals surface area contributed by atoms with E-state index in [9.17, 15) is 34.2 Å². The molecule has 18 heteroatoms. The van der Waals surface area contributed by atoms with E-state index in [1.54, 1.807) is 0 Å². The third-order valence-electron chi connectivity index (χ3n) is 4.69. The van der Waals surface area contributed by atoms with Crippen LogP contribution in [-0.4, -0.2) is 101 Å². The van der Waals surface area contributed by atoms with Gasteiger partial charge in [-0.1, -0.05) is 0 Å². The van der Waals surface area contributed by atoms with Crippen molar-refractivity contribution in [2.45, 2.75) is 56.3 Å². The first-order chi connectivity index (χ1) is 17.3. The molecule has 0 saturated carbocycles. The highest BCUT2D eigenvalue weighted by atomic mass is 16.4. The zero-order valence-electron chi connectivity index (χ0n) is 20.1. The van der Waals surface area contributed by atoms with E-state index in [1.165, 1.54) is 0 Å². The van der Waals surface area contributed by atoms with Gasteiger partial charge in [0.15, 0.2) is 11.9 Å². The molecule has 0 aliphatic rings. The van der Waals surface area contributed by atoms with Crippen LogP contribution in [0.5, 0.6) is 0 Å². The topological polar surface area (TPSA) is 337 Å². The lowest BCUT2D eigenvalue weighted by Crippen LogP contribution is -2.58. The largest absolute Gasteiger partial charge is 0.481 e. The van der Waals surface area contributed by atoms with Gasteiger partial charge in [-0.2, -0.15) is 0 Å². The Kier molecular flexibility index (Phi) is 15.3. The van der Waals surface area contributed by atoms with Gasteiger partial charge in [0.25, 0.3) is 0 Å². The summed E-state index contributed by atoms with van der Waals surface area (Å²) < 4.78 is 0. The van der Waals surface area contributed by atoms with E-state index < -0.39 is 66.9 Å². The van der Waals surface area contributed by atoms with Crippen LogP contribution in [0.2, 0.25) is 0 Å². The average molecular weight is 533 g/mol. The minimum Gasteiger partial charge on any atom is -0.481 e. The van der Waals surface area contributed by atoms with Crippen LogP contribution < -0.4 is 44.6 Å². The second kappa shape index (κ2) is 17.3. The second-order valence-corrected chi connectivity index (χ2v) is 7.81. The predicted octanol–water partition coefficient (Wildman–Crippen LogP) is -5.57. The number of hydrogen-bond acceptors (Lipinski definition) is 9. The first-order valence-electron chi connectivity index (χ1n) is 11.1. The lowest BCUT2D eigenvalue weighted by atomic mass is 10.1. The summed E-state index contributed by atoms with van der Waals surface area (Å²) >= 11 is 0. The number of guanidine groups is 2. The molecule has 0 heterocycles.